The minimum absolute atomic E-state index is 0.145. The normalized spacial score (nSPS) is 13.9. The molecule has 0 saturated heterocycles. The predicted molar refractivity (Wildman–Crippen MR) is 115 cm³/mol. The quantitative estimate of drug-likeness (QED) is 0.379. The number of aryl methyl sites for hydroxylation is 2. The van der Waals surface area contributed by atoms with E-state index in [1.807, 2.05) is 0 Å². The van der Waals surface area contributed by atoms with Gasteiger partial charge in [0.2, 0.25) is 5.91 Å². The van der Waals surface area contributed by atoms with Gasteiger partial charge in [0.25, 0.3) is 0 Å². The molecule has 27 heavy (non-hydrogen) atoms. The molecule has 2 heterocycles. The first kappa shape index (κ1) is 19.0. The Morgan fingerprint density at radius 3 is 2.81 bits per heavy atom. The summed E-state index contributed by atoms with van der Waals surface area (Å²) < 4.78 is 0. The number of nitrogens with one attached hydrogen (secondary N) is 1. The Labute approximate surface area is 175 Å². The van der Waals surface area contributed by atoms with Crippen LogP contribution in [0.3, 0.4) is 0 Å². The highest BCUT2D eigenvalue weighted by Gasteiger charge is 2.28. The second kappa shape index (κ2) is 7.59. The molecule has 4 nitrogen and oxygen atoms in total. The topological polar surface area (TPSA) is 54.9 Å². The first-order chi connectivity index (χ1) is 12.9. The van der Waals surface area contributed by atoms with Gasteiger partial charge in [-0.15, -0.1) is 11.3 Å². The summed E-state index contributed by atoms with van der Waals surface area (Å²) in [5, 5.41) is 5.54. The Morgan fingerprint density at radius 1 is 1.30 bits per heavy atom. The third-order valence-electron chi connectivity index (χ3n) is 4.52. The van der Waals surface area contributed by atoms with E-state index in [1.165, 1.54) is 22.2 Å². The Hall–Kier alpha value is -1.34. The van der Waals surface area contributed by atoms with Crippen LogP contribution in [0.15, 0.2) is 23.2 Å². The van der Waals surface area contributed by atoms with Gasteiger partial charge in [-0.2, -0.15) is 0 Å². The molecule has 1 amide bonds. The molecule has 2 aromatic heterocycles. The summed E-state index contributed by atoms with van der Waals surface area (Å²) >= 11 is 15.3. The van der Waals surface area contributed by atoms with Crippen LogP contribution in [-0.2, 0) is 4.79 Å². The average molecular weight is 438 g/mol. The van der Waals surface area contributed by atoms with Crippen LogP contribution in [0.2, 0.25) is 10.0 Å². The SMILES string of the molecule is Cc1sc2nc(C3CC3)nc(SCC(=O)Nc3cccc(Cl)c3Cl)c2c1C. The smallest absolute Gasteiger partial charge is 0.234 e. The van der Waals surface area contributed by atoms with E-state index in [1.54, 1.807) is 29.5 Å². The molecule has 0 spiro atoms. The summed E-state index contributed by atoms with van der Waals surface area (Å²) in [5.74, 6) is 1.47. The highest BCUT2D eigenvalue weighted by Crippen LogP contribution is 2.42. The molecule has 8 heteroatoms. The largest absolute Gasteiger partial charge is 0.324 e. The number of halogens is 2. The van der Waals surface area contributed by atoms with Gasteiger partial charge in [0.1, 0.15) is 15.7 Å². The molecule has 1 saturated carbocycles. The van der Waals surface area contributed by atoms with Gasteiger partial charge in [0, 0.05) is 16.2 Å². The zero-order valence-corrected chi connectivity index (χ0v) is 18.0. The zero-order chi connectivity index (χ0) is 19.1. The van der Waals surface area contributed by atoms with E-state index in [2.05, 4.69) is 19.2 Å². The lowest BCUT2D eigenvalue weighted by molar-refractivity contribution is -0.113. The summed E-state index contributed by atoms with van der Waals surface area (Å²) in [5.41, 5.74) is 1.71. The van der Waals surface area contributed by atoms with Crippen LogP contribution in [0.1, 0.15) is 35.0 Å². The number of hydrogen-bond donors (Lipinski definition) is 1. The number of thioether (sulfide) groups is 1. The minimum Gasteiger partial charge on any atom is -0.324 e. The maximum atomic E-state index is 12.4. The van der Waals surface area contributed by atoms with E-state index in [9.17, 15) is 4.79 Å². The Kier molecular flexibility index (Phi) is 5.34. The highest BCUT2D eigenvalue weighted by atomic mass is 35.5. The Morgan fingerprint density at radius 2 is 2.07 bits per heavy atom. The monoisotopic (exact) mass is 437 g/mol. The molecule has 1 aromatic carbocycles. The molecule has 0 aliphatic heterocycles. The number of fused-ring (bicyclic) bond motifs is 1. The lowest BCUT2D eigenvalue weighted by Gasteiger charge is -2.09. The lowest BCUT2D eigenvalue weighted by Crippen LogP contribution is -2.14. The number of carbonyl (C=O) groups excluding carboxylic acids is 1. The van der Waals surface area contributed by atoms with E-state index >= 15 is 0 Å². The number of rotatable bonds is 5. The van der Waals surface area contributed by atoms with Crippen molar-refractivity contribution < 1.29 is 4.79 Å². The fraction of sp³-hybridized carbons (Fsp3) is 0.316. The van der Waals surface area contributed by atoms with E-state index in [4.69, 9.17) is 33.2 Å². The van der Waals surface area contributed by atoms with Crippen molar-refractivity contribution in [3.63, 3.8) is 0 Å². The number of anilines is 1. The molecular weight excluding hydrogens is 421 g/mol. The summed E-state index contributed by atoms with van der Waals surface area (Å²) in [6, 6.07) is 5.18. The fourth-order valence-electron chi connectivity index (χ4n) is 2.78. The van der Waals surface area contributed by atoms with Crippen molar-refractivity contribution in [1.82, 2.24) is 9.97 Å². The molecule has 1 aliphatic rings. The van der Waals surface area contributed by atoms with Gasteiger partial charge >= 0.3 is 0 Å². The molecular formula is C19H17Cl2N3OS2. The van der Waals surface area contributed by atoms with E-state index in [0.29, 0.717) is 21.7 Å². The van der Waals surface area contributed by atoms with Crippen molar-refractivity contribution in [2.24, 2.45) is 0 Å². The van der Waals surface area contributed by atoms with Crippen LogP contribution in [0.4, 0.5) is 5.69 Å². The van der Waals surface area contributed by atoms with Crippen LogP contribution in [0.5, 0.6) is 0 Å². The first-order valence-electron chi connectivity index (χ1n) is 8.58. The molecule has 4 rings (SSSR count). The molecule has 0 unspecified atom stereocenters. The van der Waals surface area contributed by atoms with Gasteiger partial charge in [-0.25, -0.2) is 9.97 Å². The third-order valence-corrected chi connectivity index (χ3v) is 7.42. The Balaban J connectivity index is 1.56. The second-order valence-electron chi connectivity index (χ2n) is 6.56. The van der Waals surface area contributed by atoms with Crippen LogP contribution in [0, 0.1) is 13.8 Å². The highest BCUT2D eigenvalue weighted by molar-refractivity contribution is 8.00. The summed E-state index contributed by atoms with van der Waals surface area (Å²) in [6.07, 6.45) is 2.29. The van der Waals surface area contributed by atoms with Crippen molar-refractivity contribution in [1.29, 1.82) is 0 Å². The first-order valence-corrected chi connectivity index (χ1v) is 11.1. The molecule has 140 valence electrons. The molecule has 1 N–H and O–H groups in total. The number of benzene rings is 1. The van der Waals surface area contributed by atoms with Crippen LogP contribution >= 0.6 is 46.3 Å². The van der Waals surface area contributed by atoms with Crippen LogP contribution < -0.4 is 5.32 Å². The lowest BCUT2D eigenvalue weighted by atomic mass is 10.2. The van der Waals surface area contributed by atoms with Crippen molar-refractivity contribution in [3.8, 4) is 0 Å². The second-order valence-corrected chi connectivity index (χ2v) is 9.52. The predicted octanol–water partition coefficient (Wildman–Crippen LogP) is 6.22. The van der Waals surface area contributed by atoms with Gasteiger partial charge in [-0.05, 0) is 44.4 Å². The van der Waals surface area contributed by atoms with E-state index in [-0.39, 0.29) is 11.7 Å². The van der Waals surface area contributed by atoms with Crippen molar-refractivity contribution in [3.05, 3.63) is 44.5 Å². The summed E-state index contributed by atoms with van der Waals surface area (Å²) in [6.45, 7) is 4.19. The maximum Gasteiger partial charge on any atom is 0.234 e. The molecule has 0 atom stereocenters. The standard InChI is InChI=1S/C19H17Cl2N3OS2/c1-9-10(2)27-19-15(9)18(23-17(24-19)11-6-7-11)26-8-14(25)22-13-5-3-4-12(20)16(13)21/h3-5,11H,6-8H2,1-2H3,(H,22,25). The van der Waals surface area contributed by atoms with Crippen molar-refractivity contribution >= 4 is 68.1 Å². The van der Waals surface area contributed by atoms with Crippen LogP contribution in [-0.4, -0.2) is 21.6 Å². The van der Waals surface area contributed by atoms with Gasteiger partial charge in [-0.3, -0.25) is 4.79 Å². The number of carbonyl (C=O) groups is 1. The number of amides is 1. The summed E-state index contributed by atoms with van der Waals surface area (Å²) in [7, 11) is 0. The number of hydrogen-bond acceptors (Lipinski definition) is 5. The van der Waals surface area contributed by atoms with Gasteiger partial charge in [0.15, 0.2) is 0 Å². The zero-order valence-electron chi connectivity index (χ0n) is 14.8. The fourth-order valence-corrected chi connectivity index (χ4v) is 5.12. The molecule has 3 aromatic rings. The third kappa shape index (κ3) is 3.94. The van der Waals surface area contributed by atoms with Gasteiger partial charge in [0.05, 0.1) is 21.5 Å². The molecule has 1 fully saturated rings. The van der Waals surface area contributed by atoms with Gasteiger partial charge < -0.3 is 5.32 Å². The number of nitrogens with zero attached hydrogens (tertiary/aromatic N) is 2. The molecule has 0 bridgehead atoms. The van der Waals surface area contributed by atoms with E-state index < -0.39 is 0 Å². The number of thiophene rings is 1. The molecule has 1 aliphatic carbocycles. The maximum absolute atomic E-state index is 12.4. The number of aromatic nitrogens is 2. The minimum atomic E-state index is -0.145. The van der Waals surface area contributed by atoms with Crippen molar-refractivity contribution in [2.45, 2.75) is 37.6 Å². The van der Waals surface area contributed by atoms with Crippen LogP contribution in [0.25, 0.3) is 10.2 Å². The van der Waals surface area contributed by atoms with Gasteiger partial charge in [-0.1, -0.05) is 41.0 Å². The molecule has 0 radical (unpaired) electrons. The van der Waals surface area contributed by atoms with Crippen molar-refractivity contribution in [2.75, 3.05) is 11.1 Å². The average Bonchev–Trinajstić information content (AvgIpc) is 3.44. The summed E-state index contributed by atoms with van der Waals surface area (Å²) in [4.78, 5) is 24.2. The Bertz CT molecular complexity index is 1050. The van der Waals surface area contributed by atoms with E-state index in [0.717, 1.165) is 33.9 Å².